The summed E-state index contributed by atoms with van der Waals surface area (Å²) in [4.78, 5) is 26.9. The largest absolute Gasteiger partial charge is 0.495 e. The van der Waals surface area contributed by atoms with Gasteiger partial charge in [0.2, 0.25) is 11.8 Å². The van der Waals surface area contributed by atoms with E-state index < -0.39 is 0 Å². The Labute approximate surface area is 173 Å². The van der Waals surface area contributed by atoms with Crippen LogP contribution in [0.2, 0.25) is 10.0 Å². The molecular weight excluding hydrogens is 407 g/mol. The second-order valence-electron chi connectivity index (χ2n) is 5.69. The van der Waals surface area contributed by atoms with Gasteiger partial charge in [0.05, 0.1) is 19.3 Å². The topological polar surface area (TPSA) is 58.6 Å². The van der Waals surface area contributed by atoms with Gasteiger partial charge in [0.15, 0.2) is 0 Å². The maximum atomic E-state index is 12.2. The highest BCUT2D eigenvalue weighted by Gasteiger charge is 2.14. The Morgan fingerprint density at radius 3 is 2.44 bits per heavy atom. The van der Waals surface area contributed by atoms with Crippen molar-refractivity contribution in [3.63, 3.8) is 0 Å². The predicted octanol–water partition coefficient (Wildman–Crippen LogP) is 4.58. The molecule has 0 spiro atoms. The molecule has 5 nitrogen and oxygen atoms in total. The number of hydrogen-bond donors (Lipinski definition) is 1. The zero-order valence-corrected chi connectivity index (χ0v) is 17.3. The SMILES string of the molecule is COc1ccc(Cl)cc1NC(=O)CN(C)C(=O)CCSc1ccc(Cl)cc1. The van der Waals surface area contributed by atoms with E-state index in [1.165, 1.54) is 12.0 Å². The van der Waals surface area contributed by atoms with Gasteiger partial charge in [-0.1, -0.05) is 23.2 Å². The lowest BCUT2D eigenvalue weighted by molar-refractivity contribution is -0.132. The molecule has 2 aromatic carbocycles. The molecule has 0 heterocycles. The smallest absolute Gasteiger partial charge is 0.244 e. The van der Waals surface area contributed by atoms with E-state index in [0.717, 1.165) is 4.90 Å². The van der Waals surface area contributed by atoms with Crippen molar-refractivity contribution in [2.24, 2.45) is 0 Å². The lowest BCUT2D eigenvalue weighted by Gasteiger charge is -2.17. The zero-order valence-electron chi connectivity index (χ0n) is 15.0. The molecule has 8 heteroatoms. The molecule has 0 atom stereocenters. The summed E-state index contributed by atoms with van der Waals surface area (Å²) in [5.41, 5.74) is 0.467. The normalized spacial score (nSPS) is 10.4. The quantitative estimate of drug-likeness (QED) is 0.627. The van der Waals surface area contributed by atoms with Gasteiger partial charge in [-0.05, 0) is 42.5 Å². The minimum atomic E-state index is -0.322. The number of anilines is 1. The molecule has 27 heavy (non-hydrogen) atoms. The molecule has 0 bridgehead atoms. The molecule has 0 saturated heterocycles. The van der Waals surface area contributed by atoms with Crippen LogP contribution in [0.5, 0.6) is 5.75 Å². The van der Waals surface area contributed by atoms with Gasteiger partial charge in [0, 0.05) is 34.2 Å². The summed E-state index contributed by atoms with van der Waals surface area (Å²) in [7, 11) is 3.11. The van der Waals surface area contributed by atoms with E-state index in [9.17, 15) is 9.59 Å². The number of methoxy groups -OCH3 is 1. The van der Waals surface area contributed by atoms with Gasteiger partial charge in [-0.2, -0.15) is 0 Å². The van der Waals surface area contributed by atoms with Gasteiger partial charge in [-0.25, -0.2) is 0 Å². The summed E-state index contributed by atoms with van der Waals surface area (Å²) >= 11 is 13.4. The Morgan fingerprint density at radius 1 is 1.11 bits per heavy atom. The van der Waals surface area contributed by atoms with Crippen LogP contribution in [0.4, 0.5) is 5.69 Å². The molecule has 0 radical (unpaired) electrons. The Balaban J connectivity index is 1.80. The van der Waals surface area contributed by atoms with Gasteiger partial charge in [-0.3, -0.25) is 9.59 Å². The third-order valence-corrected chi connectivity index (χ3v) is 5.14. The van der Waals surface area contributed by atoms with Crippen molar-refractivity contribution in [1.29, 1.82) is 0 Å². The molecule has 0 fully saturated rings. The van der Waals surface area contributed by atoms with Crippen molar-refractivity contribution < 1.29 is 14.3 Å². The van der Waals surface area contributed by atoms with Crippen molar-refractivity contribution in [3.8, 4) is 5.75 Å². The minimum Gasteiger partial charge on any atom is -0.495 e. The van der Waals surface area contributed by atoms with Crippen LogP contribution >= 0.6 is 35.0 Å². The Bertz CT molecular complexity index is 800. The molecule has 0 aliphatic heterocycles. The minimum absolute atomic E-state index is 0.0554. The first-order valence-electron chi connectivity index (χ1n) is 8.14. The van der Waals surface area contributed by atoms with E-state index in [1.807, 2.05) is 24.3 Å². The van der Waals surface area contributed by atoms with Crippen molar-refractivity contribution in [1.82, 2.24) is 4.90 Å². The standard InChI is InChI=1S/C19H20Cl2N2O3S/c1-23(19(25)9-10-27-15-6-3-13(20)4-7-15)12-18(24)22-16-11-14(21)5-8-17(16)26-2/h3-8,11H,9-10,12H2,1-2H3,(H,22,24). The van der Waals surface area contributed by atoms with E-state index in [4.69, 9.17) is 27.9 Å². The lowest BCUT2D eigenvalue weighted by atomic mass is 10.3. The van der Waals surface area contributed by atoms with E-state index in [-0.39, 0.29) is 18.4 Å². The molecule has 0 unspecified atom stereocenters. The van der Waals surface area contributed by atoms with Gasteiger partial charge in [0.25, 0.3) is 0 Å². The van der Waals surface area contributed by atoms with Crippen molar-refractivity contribution in [2.75, 3.05) is 31.8 Å². The van der Waals surface area contributed by atoms with Gasteiger partial charge in [0.1, 0.15) is 5.75 Å². The number of halogens is 2. The molecule has 144 valence electrons. The van der Waals surface area contributed by atoms with Crippen LogP contribution in [0.1, 0.15) is 6.42 Å². The number of ether oxygens (including phenoxy) is 1. The molecule has 0 aliphatic rings. The summed E-state index contributed by atoms with van der Waals surface area (Å²) in [5, 5.41) is 3.87. The zero-order chi connectivity index (χ0) is 19.8. The fourth-order valence-electron chi connectivity index (χ4n) is 2.25. The highest BCUT2D eigenvalue weighted by molar-refractivity contribution is 7.99. The number of carbonyl (C=O) groups is 2. The Kier molecular flexibility index (Phi) is 8.28. The first-order chi connectivity index (χ1) is 12.9. The van der Waals surface area contributed by atoms with Crippen LogP contribution in [-0.4, -0.2) is 43.2 Å². The predicted molar refractivity (Wildman–Crippen MR) is 111 cm³/mol. The molecule has 2 rings (SSSR count). The third-order valence-electron chi connectivity index (χ3n) is 3.64. The molecule has 0 saturated carbocycles. The molecule has 2 aromatic rings. The average molecular weight is 427 g/mol. The van der Waals surface area contributed by atoms with Crippen LogP contribution in [0.25, 0.3) is 0 Å². The van der Waals surface area contributed by atoms with Crippen LogP contribution in [0.15, 0.2) is 47.4 Å². The Hall–Kier alpha value is -1.89. The fraction of sp³-hybridized carbons (Fsp3) is 0.263. The van der Waals surface area contributed by atoms with Gasteiger partial charge in [-0.15, -0.1) is 11.8 Å². The summed E-state index contributed by atoms with van der Waals surface area (Å²) in [5.74, 6) is 0.691. The van der Waals surface area contributed by atoms with Gasteiger partial charge < -0.3 is 15.0 Å². The number of nitrogens with one attached hydrogen (secondary N) is 1. The van der Waals surface area contributed by atoms with Crippen molar-refractivity contribution >= 4 is 52.5 Å². The molecule has 1 N–H and O–H groups in total. The van der Waals surface area contributed by atoms with Gasteiger partial charge >= 0.3 is 0 Å². The highest BCUT2D eigenvalue weighted by Crippen LogP contribution is 2.27. The number of hydrogen-bond acceptors (Lipinski definition) is 4. The maximum Gasteiger partial charge on any atom is 0.244 e. The monoisotopic (exact) mass is 426 g/mol. The average Bonchev–Trinajstić information content (AvgIpc) is 2.63. The van der Waals surface area contributed by atoms with Crippen LogP contribution in [-0.2, 0) is 9.59 Å². The highest BCUT2D eigenvalue weighted by atomic mass is 35.5. The molecule has 0 aliphatic carbocycles. The molecular formula is C19H20Cl2N2O3S. The fourth-order valence-corrected chi connectivity index (χ4v) is 3.39. The third kappa shape index (κ3) is 6.97. The van der Waals surface area contributed by atoms with Crippen molar-refractivity contribution in [3.05, 3.63) is 52.5 Å². The summed E-state index contributed by atoms with van der Waals surface area (Å²) in [6, 6.07) is 12.4. The van der Waals surface area contributed by atoms with Crippen LogP contribution in [0, 0.1) is 0 Å². The van der Waals surface area contributed by atoms with Crippen LogP contribution in [0.3, 0.4) is 0 Å². The number of nitrogens with zero attached hydrogens (tertiary/aromatic N) is 1. The second kappa shape index (κ2) is 10.4. The first-order valence-corrected chi connectivity index (χ1v) is 9.89. The summed E-state index contributed by atoms with van der Waals surface area (Å²) < 4.78 is 5.19. The number of likely N-dealkylation sites (N-methyl/N-ethyl adjacent to an activating group) is 1. The number of carbonyl (C=O) groups excluding carboxylic acids is 2. The van der Waals surface area contributed by atoms with E-state index in [2.05, 4.69) is 5.32 Å². The van der Waals surface area contributed by atoms with E-state index in [1.54, 1.807) is 37.0 Å². The molecule has 0 aromatic heterocycles. The maximum absolute atomic E-state index is 12.2. The summed E-state index contributed by atoms with van der Waals surface area (Å²) in [6.07, 6.45) is 0.331. The number of benzene rings is 2. The van der Waals surface area contributed by atoms with Crippen molar-refractivity contribution in [2.45, 2.75) is 11.3 Å². The lowest BCUT2D eigenvalue weighted by Crippen LogP contribution is -2.35. The van der Waals surface area contributed by atoms with E-state index >= 15 is 0 Å². The number of rotatable bonds is 8. The number of amides is 2. The molecule has 2 amide bonds. The second-order valence-corrected chi connectivity index (χ2v) is 7.74. The number of thioether (sulfide) groups is 1. The Morgan fingerprint density at radius 2 is 1.78 bits per heavy atom. The summed E-state index contributed by atoms with van der Waals surface area (Å²) in [6.45, 7) is -0.0554. The van der Waals surface area contributed by atoms with E-state index in [0.29, 0.717) is 33.7 Å². The first kappa shape index (κ1) is 21.4. The van der Waals surface area contributed by atoms with Crippen LogP contribution < -0.4 is 10.1 Å².